The number of rotatable bonds is 4. The SMILES string of the molecule is Cc1ccc(NC(=O)CSC2=NC3(CCCCCC3)N=C2c2ccc(F)cc2)cc1. The number of hydrogen-bond donors (Lipinski definition) is 1. The fraction of sp³-hybridized carbons (Fsp3) is 0.375. The lowest BCUT2D eigenvalue weighted by atomic mass is 10.0. The molecule has 1 amide bonds. The van der Waals surface area contributed by atoms with Gasteiger partial charge in [-0.3, -0.25) is 9.79 Å². The summed E-state index contributed by atoms with van der Waals surface area (Å²) in [5, 5.41) is 3.71. The van der Waals surface area contributed by atoms with E-state index in [9.17, 15) is 9.18 Å². The molecule has 0 saturated heterocycles. The van der Waals surface area contributed by atoms with E-state index in [1.54, 1.807) is 12.1 Å². The molecule has 30 heavy (non-hydrogen) atoms. The van der Waals surface area contributed by atoms with Gasteiger partial charge in [0.2, 0.25) is 5.91 Å². The molecular formula is C24H26FN3OS. The van der Waals surface area contributed by atoms with Crippen molar-refractivity contribution in [2.24, 2.45) is 9.98 Å². The zero-order valence-corrected chi connectivity index (χ0v) is 18.0. The van der Waals surface area contributed by atoms with Crippen LogP contribution in [-0.4, -0.2) is 28.1 Å². The van der Waals surface area contributed by atoms with Crippen LogP contribution in [0.1, 0.15) is 49.7 Å². The van der Waals surface area contributed by atoms with E-state index in [4.69, 9.17) is 9.98 Å². The van der Waals surface area contributed by atoms with Gasteiger partial charge < -0.3 is 5.32 Å². The Kier molecular flexibility index (Phi) is 6.32. The molecule has 4 rings (SSSR count). The van der Waals surface area contributed by atoms with Crippen LogP contribution >= 0.6 is 11.8 Å². The van der Waals surface area contributed by atoms with Crippen LogP contribution in [0.15, 0.2) is 58.5 Å². The largest absolute Gasteiger partial charge is 0.325 e. The van der Waals surface area contributed by atoms with E-state index in [2.05, 4.69) is 5.32 Å². The smallest absolute Gasteiger partial charge is 0.234 e. The van der Waals surface area contributed by atoms with E-state index >= 15 is 0 Å². The van der Waals surface area contributed by atoms with Crippen molar-refractivity contribution in [2.75, 3.05) is 11.1 Å². The average Bonchev–Trinajstić information content (AvgIpc) is 2.93. The van der Waals surface area contributed by atoms with Crippen molar-refractivity contribution in [3.63, 3.8) is 0 Å². The van der Waals surface area contributed by atoms with Crippen LogP contribution in [0.5, 0.6) is 0 Å². The summed E-state index contributed by atoms with van der Waals surface area (Å²) in [6.45, 7) is 2.01. The molecule has 1 aliphatic heterocycles. The summed E-state index contributed by atoms with van der Waals surface area (Å²) < 4.78 is 13.4. The first-order valence-electron chi connectivity index (χ1n) is 10.5. The number of carbonyl (C=O) groups is 1. The first-order valence-corrected chi connectivity index (χ1v) is 11.5. The predicted molar refractivity (Wildman–Crippen MR) is 123 cm³/mol. The fourth-order valence-electron chi connectivity index (χ4n) is 3.91. The van der Waals surface area contributed by atoms with Gasteiger partial charge in [0.05, 0.1) is 11.5 Å². The maximum absolute atomic E-state index is 13.4. The normalized spacial score (nSPS) is 17.9. The summed E-state index contributed by atoms with van der Waals surface area (Å²) in [5.41, 5.74) is 3.15. The maximum atomic E-state index is 13.4. The number of anilines is 1. The lowest BCUT2D eigenvalue weighted by molar-refractivity contribution is -0.113. The van der Waals surface area contributed by atoms with Crippen molar-refractivity contribution in [1.29, 1.82) is 0 Å². The molecule has 1 N–H and O–H groups in total. The number of carbonyl (C=O) groups excluding carboxylic acids is 1. The van der Waals surface area contributed by atoms with E-state index in [1.165, 1.54) is 36.7 Å². The maximum Gasteiger partial charge on any atom is 0.234 e. The second-order valence-corrected chi connectivity index (χ2v) is 8.95. The van der Waals surface area contributed by atoms with Crippen LogP contribution in [-0.2, 0) is 4.79 Å². The molecule has 0 unspecified atom stereocenters. The third-order valence-corrected chi connectivity index (χ3v) is 6.49. The minimum atomic E-state index is -0.421. The third kappa shape index (κ3) is 4.98. The Morgan fingerprint density at radius 1 is 1.00 bits per heavy atom. The summed E-state index contributed by atoms with van der Waals surface area (Å²) in [4.78, 5) is 22.5. The number of amides is 1. The molecule has 1 spiro atoms. The molecule has 0 aromatic heterocycles. The molecule has 1 aliphatic carbocycles. The van der Waals surface area contributed by atoms with Gasteiger partial charge in [-0.25, -0.2) is 9.38 Å². The van der Waals surface area contributed by atoms with Gasteiger partial charge in [0.15, 0.2) is 5.66 Å². The molecule has 0 atom stereocenters. The van der Waals surface area contributed by atoms with Crippen molar-refractivity contribution in [3.8, 4) is 0 Å². The summed E-state index contributed by atoms with van der Waals surface area (Å²) in [6.07, 6.45) is 6.49. The standard InChI is InChI=1S/C24H26FN3OS/c1-17-6-12-20(13-7-17)26-21(29)16-30-23-22(18-8-10-19(25)11-9-18)27-24(28-23)14-4-2-3-5-15-24/h6-13H,2-5,14-16H2,1H3,(H,26,29). The number of nitrogens with zero attached hydrogens (tertiary/aromatic N) is 2. The van der Waals surface area contributed by atoms with Gasteiger partial charge in [-0.2, -0.15) is 0 Å². The molecular weight excluding hydrogens is 397 g/mol. The molecule has 2 aromatic carbocycles. The minimum absolute atomic E-state index is 0.0770. The van der Waals surface area contributed by atoms with E-state index in [0.717, 1.165) is 53.3 Å². The molecule has 4 nitrogen and oxygen atoms in total. The second kappa shape index (κ2) is 9.13. The molecule has 2 aliphatic rings. The van der Waals surface area contributed by atoms with Crippen LogP contribution in [0.3, 0.4) is 0 Å². The topological polar surface area (TPSA) is 53.8 Å². The molecule has 6 heteroatoms. The van der Waals surface area contributed by atoms with Gasteiger partial charge in [0, 0.05) is 11.3 Å². The summed E-state index contributed by atoms with van der Waals surface area (Å²) in [7, 11) is 0. The van der Waals surface area contributed by atoms with Crippen molar-refractivity contribution >= 4 is 34.1 Å². The fourth-order valence-corrected chi connectivity index (χ4v) is 4.78. The van der Waals surface area contributed by atoms with Crippen molar-refractivity contribution in [1.82, 2.24) is 0 Å². The van der Waals surface area contributed by atoms with Crippen LogP contribution in [0.4, 0.5) is 10.1 Å². The molecule has 1 fully saturated rings. The second-order valence-electron chi connectivity index (χ2n) is 7.98. The van der Waals surface area contributed by atoms with E-state index in [0.29, 0.717) is 0 Å². The number of aryl methyl sites for hydroxylation is 1. The Balaban J connectivity index is 1.51. The number of thioether (sulfide) groups is 1. The monoisotopic (exact) mass is 423 g/mol. The van der Waals surface area contributed by atoms with Gasteiger partial charge in [0.1, 0.15) is 10.9 Å². The Morgan fingerprint density at radius 3 is 2.33 bits per heavy atom. The molecule has 1 heterocycles. The van der Waals surface area contributed by atoms with E-state index in [-0.39, 0.29) is 17.5 Å². The quantitative estimate of drug-likeness (QED) is 0.680. The summed E-state index contributed by atoms with van der Waals surface area (Å²) >= 11 is 1.41. The van der Waals surface area contributed by atoms with Crippen molar-refractivity contribution < 1.29 is 9.18 Å². The third-order valence-electron chi connectivity index (χ3n) is 5.53. The van der Waals surface area contributed by atoms with Crippen molar-refractivity contribution in [2.45, 2.75) is 51.1 Å². The zero-order chi connectivity index (χ0) is 21.0. The van der Waals surface area contributed by atoms with E-state index < -0.39 is 5.66 Å². The van der Waals surface area contributed by atoms with Crippen LogP contribution in [0.2, 0.25) is 0 Å². The highest BCUT2D eigenvalue weighted by Gasteiger charge is 2.37. The molecule has 2 aromatic rings. The molecule has 0 radical (unpaired) electrons. The number of hydrogen-bond acceptors (Lipinski definition) is 4. The number of halogens is 1. The first kappa shape index (κ1) is 20.8. The lowest BCUT2D eigenvalue weighted by Gasteiger charge is -2.20. The van der Waals surface area contributed by atoms with Gasteiger partial charge in [0.25, 0.3) is 0 Å². The number of benzene rings is 2. The Morgan fingerprint density at radius 2 is 1.67 bits per heavy atom. The van der Waals surface area contributed by atoms with Gasteiger partial charge in [-0.1, -0.05) is 42.3 Å². The van der Waals surface area contributed by atoms with Crippen molar-refractivity contribution in [3.05, 3.63) is 65.5 Å². The van der Waals surface area contributed by atoms with Gasteiger partial charge >= 0.3 is 0 Å². The molecule has 1 saturated carbocycles. The van der Waals surface area contributed by atoms with Crippen LogP contribution in [0.25, 0.3) is 0 Å². The first-order chi connectivity index (χ1) is 14.5. The number of nitrogens with one attached hydrogen (secondary N) is 1. The van der Waals surface area contributed by atoms with Crippen LogP contribution < -0.4 is 5.32 Å². The minimum Gasteiger partial charge on any atom is -0.325 e. The average molecular weight is 424 g/mol. The molecule has 156 valence electrons. The Bertz CT molecular complexity index is 959. The van der Waals surface area contributed by atoms with Crippen LogP contribution in [0, 0.1) is 12.7 Å². The van der Waals surface area contributed by atoms with Gasteiger partial charge in [-0.05, 0) is 69.0 Å². The Hall–Kier alpha value is -2.47. The highest BCUT2D eigenvalue weighted by molar-refractivity contribution is 8.16. The zero-order valence-electron chi connectivity index (χ0n) is 17.2. The predicted octanol–water partition coefficient (Wildman–Crippen LogP) is 5.76. The lowest BCUT2D eigenvalue weighted by Crippen LogP contribution is -2.20. The summed E-state index contributed by atoms with van der Waals surface area (Å²) in [5.74, 6) is -0.0970. The van der Waals surface area contributed by atoms with Gasteiger partial charge in [-0.15, -0.1) is 0 Å². The highest BCUT2D eigenvalue weighted by Crippen LogP contribution is 2.37. The highest BCUT2D eigenvalue weighted by atomic mass is 32.2. The van der Waals surface area contributed by atoms with E-state index in [1.807, 2.05) is 31.2 Å². The summed E-state index contributed by atoms with van der Waals surface area (Å²) in [6, 6.07) is 14.1. The Labute approximate surface area is 181 Å². The number of aliphatic imine (C=N–C) groups is 2. The molecule has 0 bridgehead atoms.